The lowest BCUT2D eigenvalue weighted by Crippen LogP contribution is -2.52. The molecule has 17 heavy (non-hydrogen) atoms. The first-order chi connectivity index (χ1) is 8.22. The predicted molar refractivity (Wildman–Crippen MR) is 74.4 cm³/mol. The molecule has 0 aromatic carbocycles. The second-order valence-corrected chi connectivity index (χ2v) is 5.59. The van der Waals surface area contributed by atoms with E-state index in [2.05, 4.69) is 26.2 Å². The van der Waals surface area contributed by atoms with Crippen LogP contribution < -0.4 is 5.32 Å². The van der Waals surface area contributed by atoms with Crippen LogP contribution in [0.15, 0.2) is 0 Å². The van der Waals surface area contributed by atoms with Crippen LogP contribution in [-0.2, 0) is 4.74 Å². The van der Waals surface area contributed by atoms with Crippen molar-refractivity contribution >= 4 is 0 Å². The SMILES string of the molecule is CCC(CC)CC(NC)C1(OC)CCCCC1. The maximum absolute atomic E-state index is 5.96. The summed E-state index contributed by atoms with van der Waals surface area (Å²) in [6.45, 7) is 4.61. The van der Waals surface area contributed by atoms with E-state index in [1.807, 2.05) is 7.11 Å². The number of methoxy groups -OCH3 is 1. The third kappa shape index (κ3) is 3.69. The highest BCUT2D eigenvalue weighted by molar-refractivity contribution is 4.95. The molecule has 0 amide bonds. The normalized spacial score (nSPS) is 21.7. The van der Waals surface area contributed by atoms with E-state index in [0.29, 0.717) is 6.04 Å². The van der Waals surface area contributed by atoms with E-state index >= 15 is 0 Å². The van der Waals surface area contributed by atoms with Crippen molar-refractivity contribution in [3.05, 3.63) is 0 Å². The molecule has 0 aromatic heterocycles. The largest absolute Gasteiger partial charge is 0.377 e. The van der Waals surface area contributed by atoms with E-state index in [4.69, 9.17) is 4.74 Å². The predicted octanol–water partition coefficient (Wildman–Crippen LogP) is 3.75. The molecule has 0 spiro atoms. The molecule has 1 saturated carbocycles. The molecule has 0 radical (unpaired) electrons. The van der Waals surface area contributed by atoms with E-state index in [-0.39, 0.29) is 5.60 Å². The van der Waals surface area contributed by atoms with Crippen LogP contribution in [0.2, 0.25) is 0 Å². The number of likely N-dealkylation sites (N-methyl/N-ethyl adjacent to an activating group) is 1. The smallest absolute Gasteiger partial charge is 0.0830 e. The zero-order chi connectivity index (χ0) is 12.7. The molecule has 1 atom stereocenters. The average Bonchev–Trinajstić information content (AvgIpc) is 2.41. The summed E-state index contributed by atoms with van der Waals surface area (Å²) in [6.07, 6.45) is 10.3. The van der Waals surface area contributed by atoms with Gasteiger partial charge in [-0.05, 0) is 32.2 Å². The fourth-order valence-corrected chi connectivity index (χ4v) is 3.40. The molecule has 1 aliphatic rings. The van der Waals surface area contributed by atoms with E-state index in [0.717, 1.165) is 5.92 Å². The summed E-state index contributed by atoms with van der Waals surface area (Å²) in [5.41, 5.74) is 0.107. The quantitative estimate of drug-likeness (QED) is 0.733. The summed E-state index contributed by atoms with van der Waals surface area (Å²) in [4.78, 5) is 0. The fourth-order valence-electron chi connectivity index (χ4n) is 3.40. The summed E-state index contributed by atoms with van der Waals surface area (Å²) in [5, 5.41) is 3.54. The van der Waals surface area contributed by atoms with E-state index in [1.54, 1.807) is 0 Å². The molecule has 1 rings (SSSR count). The number of rotatable bonds is 7. The van der Waals surface area contributed by atoms with Crippen molar-refractivity contribution in [3.8, 4) is 0 Å². The number of hydrogen-bond donors (Lipinski definition) is 1. The minimum absolute atomic E-state index is 0.107. The molecular formula is C15H31NO. The second-order valence-electron chi connectivity index (χ2n) is 5.59. The molecule has 1 N–H and O–H groups in total. The lowest BCUT2D eigenvalue weighted by molar-refractivity contribution is -0.0710. The van der Waals surface area contributed by atoms with E-state index < -0.39 is 0 Å². The topological polar surface area (TPSA) is 21.3 Å². The van der Waals surface area contributed by atoms with Gasteiger partial charge in [0.05, 0.1) is 5.60 Å². The summed E-state index contributed by atoms with van der Waals surface area (Å²) >= 11 is 0. The summed E-state index contributed by atoms with van der Waals surface area (Å²) in [7, 11) is 4.00. The monoisotopic (exact) mass is 241 g/mol. The maximum Gasteiger partial charge on any atom is 0.0830 e. The molecule has 0 heterocycles. The Kier molecular flexibility index (Phi) is 6.50. The third-order valence-corrected chi connectivity index (χ3v) is 4.81. The molecule has 0 aliphatic heterocycles. The van der Waals surface area contributed by atoms with Crippen molar-refractivity contribution in [2.45, 2.75) is 76.9 Å². The Morgan fingerprint density at radius 2 is 1.71 bits per heavy atom. The molecule has 1 fully saturated rings. The van der Waals surface area contributed by atoms with Gasteiger partial charge in [0.2, 0.25) is 0 Å². The Bertz CT molecular complexity index is 195. The second kappa shape index (κ2) is 7.38. The van der Waals surface area contributed by atoms with Crippen molar-refractivity contribution in [1.82, 2.24) is 5.32 Å². The van der Waals surface area contributed by atoms with Crippen molar-refractivity contribution in [3.63, 3.8) is 0 Å². The van der Waals surface area contributed by atoms with Crippen LogP contribution in [0.5, 0.6) is 0 Å². The average molecular weight is 241 g/mol. The number of hydrogen-bond acceptors (Lipinski definition) is 2. The third-order valence-electron chi connectivity index (χ3n) is 4.81. The Morgan fingerprint density at radius 1 is 1.12 bits per heavy atom. The minimum atomic E-state index is 0.107. The first-order valence-corrected chi connectivity index (χ1v) is 7.44. The number of nitrogens with one attached hydrogen (secondary N) is 1. The van der Waals surface area contributed by atoms with Gasteiger partial charge < -0.3 is 10.1 Å². The summed E-state index contributed by atoms with van der Waals surface area (Å²) in [6, 6.07) is 0.526. The van der Waals surface area contributed by atoms with Crippen LogP contribution in [0.25, 0.3) is 0 Å². The summed E-state index contributed by atoms with van der Waals surface area (Å²) < 4.78 is 5.96. The van der Waals surface area contributed by atoms with Gasteiger partial charge in [-0.3, -0.25) is 0 Å². The summed E-state index contributed by atoms with van der Waals surface area (Å²) in [5.74, 6) is 0.835. The molecule has 1 aliphatic carbocycles. The van der Waals surface area contributed by atoms with Crippen molar-refractivity contribution in [2.75, 3.05) is 14.2 Å². The molecule has 1 unspecified atom stereocenters. The van der Waals surface area contributed by atoms with Crippen LogP contribution in [0, 0.1) is 5.92 Å². The van der Waals surface area contributed by atoms with Crippen molar-refractivity contribution < 1.29 is 4.74 Å². The van der Waals surface area contributed by atoms with Crippen LogP contribution in [0.1, 0.15) is 65.2 Å². The van der Waals surface area contributed by atoms with Gasteiger partial charge in [0.25, 0.3) is 0 Å². The minimum Gasteiger partial charge on any atom is -0.377 e. The van der Waals surface area contributed by atoms with Crippen LogP contribution in [-0.4, -0.2) is 25.8 Å². The molecule has 102 valence electrons. The van der Waals surface area contributed by atoms with Gasteiger partial charge in [-0.25, -0.2) is 0 Å². The molecule has 2 nitrogen and oxygen atoms in total. The van der Waals surface area contributed by atoms with Crippen molar-refractivity contribution in [1.29, 1.82) is 0 Å². The zero-order valence-electron chi connectivity index (χ0n) is 12.2. The molecule has 2 heteroatoms. The maximum atomic E-state index is 5.96. The van der Waals surface area contributed by atoms with Crippen LogP contribution in [0.4, 0.5) is 0 Å². The Labute approximate surface area is 108 Å². The van der Waals surface area contributed by atoms with Gasteiger partial charge in [-0.2, -0.15) is 0 Å². The highest BCUT2D eigenvalue weighted by Crippen LogP contribution is 2.36. The lowest BCUT2D eigenvalue weighted by Gasteiger charge is -2.43. The van der Waals surface area contributed by atoms with Gasteiger partial charge in [0.1, 0.15) is 0 Å². The highest BCUT2D eigenvalue weighted by atomic mass is 16.5. The Hall–Kier alpha value is -0.0800. The highest BCUT2D eigenvalue weighted by Gasteiger charge is 2.39. The van der Waals surface area contributed by atoms with Gasteiger partial charge in [0.15, 0.2) is 0 Å². The Morgan fingerprint density at radius 3 is 2.12 bits per heavy atom. The fraction of sp³-hybridized carbons (Fsp3) is 1.00. The van der Waals surface area contributed by atoms with Gasteiger partial charge in [-0.1, -0.05) is 46.0 Å². The first-order valence-electron chi connectivity index (χ1n) is 7.44. The zero-order valence-corrected chi connectivity index (χ0v) is 12.2. The molecule has 0 saturated heterocycles. The standard InChI is InChI=1S/C15H31NO/c1-5-13(6-2)12-14(16-3)15(17-4)10-8-7-9-11-15/h13-14,16H,5-12H2,1-4H3. The molecular weight excluding hydrogens is 210 g/mol. The van der Waals surface area contributed by atoms with Crippen molar-refractivity contribution in [2.24, 2.45) is 5.92 Å². The van der Waals surface area contributed by atoms with Crippen LogP contribution >= 0.6 is 0 Å². The van der Waals surface area contributed by atoms with E-state index in [9.17, 15) is 0 Å². The van der Waals surface area contributed by atoms with Gasteiger partial charge >= 0.3 is 0 Å². The number of ether oxygens (including phenoxy) is 1. The molecule has 0 aromatic rings. The van der Waals surface area contributed by atoms with Crippen LogP contribution in [0.3, 0.4) is 0 Å². The van der Waals surface area contributed by atoms with E-state index in [1.165, 1.54) is 51.4 Å². The van der Waals surface area contributed by atoms with Gasteiger partial charge in [-0.15, -0.1) is 0 Å². The Balaban J connectivity index is 2.67. The molecule has 0 bridgehead atoms. The van der Waals surface area contributed by atoms with Gasteiger partial charge in [0, 0.05) is 13.2 Å². The lowest BCUT2D eigenvalue weighted by atomic mass is 9.75. The first kappa shape index (κ1) is 15.0.